The van der Waals surface area contributed by atoms with E-state index >= 15 is 0 Å². The molecular formula is C14H16N2O. The fraction of sp³-hybridized carbons (Fsp3) is 0.500. The Balaban J connectivity index is 1.71. The molecule has 2 aromatic rings. The van der Waals surface area contributed by atoms with Crippen molar-refractivity contribution >= 4 is 11.0 Å². The molecule has 1 aromatic carbocycles. The largest absolute Gasteiger partial charge is 0.497 e. The molecular weight excluding hydrogens is 212 g/mol. The lowest BCUT2D eigenvalue weighted by Crippen LogP contribution is -1.97. The monoisotopic (exact) mass is 228 g/mol. The number of nitrogens with one attached hydrogen (secondary N) is 1. The first kappa shape index (κ1) is 9.51. The Kier molecular flexibility index (Phi) is 1.82. The van der Waals surface area contributed by atoms with Crippen LogP contribution in [0.15, 0.2) is 18.2 Å². The minimum Gasteiger partial charge on any atom is -0.497 e. The Hall–Kier alpha value is -1.51. The van der Waals surface area contributed by atoms with Crippen LogP contribution < -0.4 is 4.74 Å². The van der Waals surface area contributed by atoms with Gasteiger partial charge in [-0.05, 0) is 43.2 Å². The smallest absolute Gasteiger partial charge is 0.121 e. The second-order valence-corrected chi connectivity index (χ2v) is 5.43. The van der Waals surface area contributed by atoms with Crippen LogP contribution in [0.5, 0.6) is 5.75 Å². The summed E-state index contributed by atoms with van der Waals surface area (Å²) >= 11 is 0. The zero-order valence-electron chi connectivity index (χ0n) is 9.94. The molecule has 0 aliphatic heterocycles. The van der Waals surface area contributed by atoms with E-state index in [0.717, 1.165) is 28.6 Å². The van der Waals surface area contributed by atoms with Crippen LogP contribution in [0.2, 0.25) is 0 Å². The molecule has 2 unspecified atom stereocenters. The van der Waals surface area contributed by atoms with Gasteiger partial charge in [-0.1, -0.05) is 0 Å². The second-order valence-electron chi connectivity index (χ2n) is 5.43. The molecule has 1 N–H and O–H groups in total. The molecule has 0 amide bonds. The first-order valence-corrected chi connectivity index (χ1v) is 6.37. The molecule has 1 heterocycles. The van der Waals surface area contributed by atoms with E-state index in [2.05, 4.69) is 4.98 Å². The van der Waals surface area contributed by atoms with E-state index in [1.165, 1.54) is 25.1 Å². The maximum atomic E-state index is 5.23. The summed E-state index contributed by atoms with van der Waals surface area (Å²) in [6.45, 7) is 0. The molecule has 2 saturated carbocycles. The number of aromatic nitrogens is 2. The van der Waals surface area contributed by atoms with Gasteiger partial charge in [0.15, 0.2) is 0 Å². The molecule has 2 fully saturated rings. The molecule has 1 aromatic heterocycles. The van der Waals surface area contributed by atoms with Gasteiger partial charge in [0.05, 0.1) is 18.1 Å². The Labute approximate surface area is 100 Å². The third kappa shape index (κ3) is 1.45. The molecule has 3 nitrogen and oxygen atoms in total. The van der Waals surface area contributed by atoms with Gasteiger partial charge in [0.1, 0.15) is 11.6 Å². The second kappa shape index (κ2) is 3.25. The quantitative estimate of drug-likeness (QED) is 0.857. The number of rotatable bonds is 2. The zero-order chi connectivity index (χ0) is 11.4. The van der Waals surface area contributed by atoms with E-state index in [-0.39, 0.29) is 0 Å². The van der Waals surface area contributed by atoms with Crippen molar-refractivity contribution in [1.29, 1.82) is 0 Å². The standard InChI is InChI=1S/C14H16N2O/c1-17-11-2-3-12-13(7-11)16-14(15-12)10-5-8-4-9(8)6-10/h2-3,7-10H,4-6H2,1H3,(H,15,16). The van der Waals surface area contributed by atoms with Crippen molar-refractivity contribution in [2.75, 3.05) is 7.11 Å². The van der Waals surface area contributed by atoms with Gasteiger partial charge in [-0.15, -0.1) is 0 Å². The van der Waals surface area contributed by atoms with Crippen molar-refractivity contribution in [3.05, 3.63) is 24.0 Å². The van der Waals surface area contributed by atoms with Crippen LogP contribution in [-0.4, -0.2) is 17.1 Å². The summed E-state index contributed by atoms with van der Waals surface area (Å²) in [7, 11) is 1.70. The predicted molar refractivity (Wildman–Crippen MR) is 66.2 cm³/mol. The van der Waals surface area contributed by atoms with Crippen LogP contribution in [0.4, 0.5) is 0 Å². The Morgan fingerprint density at radius 1 is 1.24 bits per heavy atom. The molecule has 3 heteroatoms. The Bertz CT molecular complexity index is 565. The molecule has 0 saturated heterocycles. The number of nitrogens with zero attached hydrogens (tertiary/aromatic N) is 1. The molecule has 4 rings (SSSR count). The number of imidazole rings is 1. The van der Waals surface area contributed by atoms with E-state index in [1.807, 2.05) is 18.2 Å². The molecule has 88 valence electrons. The van der Waals surface area contributed by atoms with Crippen molar-refractivity contribution in [3.8, 4) is 5.75 Å². The van der Waals surface area contributed by atoms with E-state index < -0.39 is 0 Å². The number of methoxy groups -OCH3 is 1. The topological polar surface area (TPSA) is 37.9 Å². The SMILES string of the molecule is COc1ccc2nc(C3CC4CC4C3)[nH]c2c1. The number of hydrogen-bond donors (Lipinski definition) is 1. The third-order valence-electron chi connectivity index (χ3n) is 4.34. The number of aromatic amines is 1. The van der Waals surface area contributed by atoms with Gasteiger partial charge in [0.25, 0.3) is 0 Å². The molecule has 0 bridgehead atoms. The summed E-state index contributed by atoms with van der Waals surface area (Å²) < 4.78 is 5.23. The highest BCUT2D eigenvalue weighted by molar-refractivity contribution is 5.76. The third-order valence-corrected chi connectivity index (χ3v) is 4.34. The van der Waals surface area contributed by atoms with Gasteiger partial charge in [-0.3, -0.25) is 0 Å². The van der Waals surface area contributed by atoms with Crippen LogP contribution in [0.1, 0.15) is 31.0 Å². The lowest BCUT2D eigenvalue weighted by atomic mass is 10.0. The summed E-state index contributed by atoms with van der Waals surface area (Å²) in [6.07, 6.45) is 4.13. The van der Waals surface area contributed by atoms with Gasteiger partial charge in [0, 0.05) is 12.0 Å². The summed E-state index contributed by atoms with van der Waals surface area (Å²) in [5, 5.41) is 0. The fourth-order valence-corrected chi connectivity index (χ4v) is 3.27. The number of ether oxygens (including phenoxy) is 1. The van der Waals surface area contributed by atoms with E-state index in [0.29, 0.717) is 5.92 Å². The van der Waals surface area contributed by atoms with Crippen LogP contribution in [0.3, 0.4) is 0 Å². The number of benzene rings is 1. The molecule has 2 atom stereocenters. The first-order valence-electron chi connectivity index (χ1n) is 6.37. The minimum atomic E-state index is 0.664. The van der Waals surface area contributed by atoms with Crippen LogP contribution in [0.25, 0.3) is 11.0 Å². The van der Waals surface area contributed by atoms with Gasteiger partial charge in [0.2, 0.25) is 0 Å². The lowest BCUT2D eigenvalue weighted by molar-refractivity contribution is 0.415. The van der Waals surface area contributed by atoms with Gasteiger partial charge >= 0.3 is 0 Å². The van der Waals surface area contributed by atoms with Gasteiger partial charge in [-0.25, -0.2) is 4.98 Å². The lowest BCUT2D eigenvalue weighted by Gasteiger charge is -2.06. The average molecular weight is 228 g/mol. The molecule has 2 aliphatic rings. The number of H-pyrrole nitrogens is 1. The van der Waals surface area contributed by atoms with Crippen molar-refractivity contribution < 1.29 is 4.74 Å². The highest BCUT2D eigenvalue weighted by Gasteiger charge is 2.46. The number of fused-ring (bicyclic) bond motifs is 2. The van der Waals surface area contributed by atoms with Gasteiger partial charge < -0.3 is 9.72 Å². The molecule has 0 radical (unpaired) electrons. The van der Waals surface area contributed by atoms with E-state index in [1.54, 1.807) is 7.11 Å². The van der Waals surface area contributed by atoms with Crippen LogP contribution in [-0.2, 0) is 0 Å². The van der Waals surface area contributed by atoms with Crippen LogP contribution >= 0.6 is 0 Å². The maximum Gasteiger partial charge on any atom is 0.121 e. The van der Waals surface area contributed by atoms with Crippen molar-refractivity contribution in [2.45, 2.75) is 25.2 Å². The molecule has 2 aliphatic carbocycles. The van der Waals surface area contributed by atoms with Crippen LogP contribution in [0, 0.1) is 11.8 Å². The average Bonchev–Trinajstić information content (AvgIpc) is 2.80. The van der Waals surface area contributed by atoms with Crippen molar-refractivity contribution in [2.24, 2.45) is 11.8 Å². The highest BCUT2D eigenvalue weighted by atomic mass is 16.5. The fourth-order valence-electron chi connectivity index (χ4n) is 3.27. The van der Waals surface area contributed by atoms with Gasteiger partial charge in [-0.2, -0.15) is 0 Å². The normalized spacial score (nSPS) is 30.5. The van der Waals surface area contributed by atoms with E-state index in [4.69, 9.17) is 9.72 Å². The summed E-state index contributed by atoms with van der Waals surface area (Å²) in [4.78, 5) is 8.18. The summed E-state index contributed by atoms with van der Waals surface area (Å²) in [6, 6.07) is 6.03. The Morgan fingerprint density at radius 2 is 2.06 bits per heavy atom. The highest BCUT2D eigenvalue weighted by Crippen LogP contribution is 2.57. The van der Waals surface area contributed by atoms with Crippen molar-refractivity contribution in [1.82, 2.24) is 9.97 Å². The zero-order valence-corrected chi connectivity index (χ0v) is 9.94. The molecule has 0 spiro atoms. The maximum absolute atomic E-state index is 5.23. The summed E-state index contributed by atoms with van der Waals surface area (Å²) in [5.41, 5.74) is 2.15. The number of hydrogen-bond acceptors (Lipinski definition) is 2. The minimum absolute atomic E-state index is 0.664. The van der Waals surface area contributed by atoms with Crippen molar-refractivity contribution in [3.63, 3.8) is 0 Å². The first-order chi connectivity index (χ1) is 8.33. The van der Waals surface area contributed by atoms with E-state index in [9.17, 15) is 0 Å². The molecule has 17 heavy (non-hydrogen) atoms. The Morgan fingerprint density at radius 3 is 2.82 bits per heavy atom. The predicted octanol–water partition coefficient (Wildman–Crippen LogP) is 3.09. The summed E-state index contributed by atoms with van der Waals surface area (Å²) in [5.74, 6) is 4.74.